The van der Waals surface area contributed by atoms with Crippen molar-refractivity contribution < 1.29 is 14.4 Å². The molecule has 0 unspecified atom stereocenters. The third-order valence-corrected chi connectivity index (χ3v) is 3.84. The minimum Gasteiger partial charge on any atom is -0.461 e. The molecule has 0 atom stereocenters. The fraction of sp³-hybridized carbons (Fsp3) is 0.500. The quantitative estimate of drug-likeness (QED) is 0.391. The van der Waals surface area contributed by atoms with E-state index in [0.29, 0.717) is 10.8 Å². The van der Waals surface area contributed by atoms with Crippen molar-refractivity contribution in [1.82, 2.24) is 4.98 Å². The molecule has 2 N–H and O–H groups in total. The van der Waals surface area contributed by atoms with Gasteiger partial charge in [0.15, 0.2) is 5.13 Å². The first-order valence-corrected chi connectivity index (χ1v) is 7.77. The van der Waals surface area contributed by atoms with Crippen LogP contribution in [0.4, 0.5) is 5.13 Å². The van der Waals surface area contributed by atoms with Gasteiger partial charge in [-0.25, -0.2) is 9.78 Å². The lowest BCUT2D eigenvalue weighted by Gasteiger charge is -2.21. The van der Waals surface area contributed by atoms with E-state index < -0.39 is 5.97 Å². The average molecular weight is 309 g/mol. The highest BCUT2D eigenvalue weighted by atomic mass is 32.1. The van der Waals surface area contributed by atoms with Crippen molar-refractivity contribution in [3.63, 3.8) is 0 Å². The van der Waals surface area contributed by atoms with Gasteiger partial charge in [0.25, 0.3) is 0 Å². The van der Waals surface area contributed by atoms with Crippen LogP contribution in [0, 0.1) is 0 Å². The summed E-state index contributed by atoms with van der Waals surface area (Å²) in [5.74, 6) is -0.553. The normalized spacial score (nSPS) is 16.8. The first-order valence-electron chi connectivity index (χ1n) is 6.89. The number of hydrogen-bond acceptors (Lipinski definition) is 7. The molecule has 1 fully saturated rings. The highest BCUT2D eigenvalue weighted by Crippen LogP contribution is 2.24. The van der Waals surface area contributed by atoms with E-state index in [0.717, 1.165) is 25.7 Å². The van der Waals surface area contributed by atoms with Gasteiger partial charge in [0, 0.05) is 5.38 Å². The number of thiazole rings is 1. The molecule has 7 heteroatoms. The van der Waals surface area contributed by atoms with E-state index >= 15 is 0 Å². The number of hydrogen-bond donors (Lipinski definition) is 1. The van der Waals surface area contributed by atoms with Crippen molar-refractivity contribution in [1.29, 1.82) is 0 Å². The molecule has 1 heterocycles. The van der Waals surface area contributed by atoms with Crippen LogP contribution >= 0.6 is 11.3 Å². The summed E-state index contributed by atoms with van der Waals surface area (Å²) in [5.41, 5.74) is 7.28. The summed E-state index contributed by atoms with van der Waals surface area (Å²) in [4.78, 5) is 21.5. The maximum absolute atomic E-state index is 12.0. The Morgan fingerprint density at radius 2 is 2.29 bits per heavy atom. The number of nitrogens with zero attached hydrogens (tertiary/aromatic N) is 2. The van der Waals surface area contributed by atoms with Gasteiger partial charge in [-0.2, -0.15) is 0 Å². The Morgan fingerprint density at radius 3 is 2.86 bits per heavy atom. The van der Waals surface area contributed by atoms with Crippen LogP contribution in [0.1, 0.15) is 38.3 Å². The lowest BCUT2D eigenvalue weighted by Crippen LogP contribution is -2.22. The molecule has 114 valence electrons. The maximum Gasteiger partial charge on any atom is 0.362 e. The second-order valence-electron chi connectivity index (χ2n) is 4.79. The highest BCUT2D eigenvalue weighted by Gasteiger charge is 2.22. The molecule has 1 saturated carbocycles. The molecule has 21 heavy (non-hydrogen) atoms. The van der Waals surface area contributed by atoms with Crippen LogP contribution in [-0.2, 0) is 14.4 Å². The van der Waals surface area contributed by atoms with Gasteiger partial charge < -0.3 is 15.3 Å². The summed E-state index contributed by atoms with van der Waals surface area (Å²) >= 11 is 1.24. The second-order valence-corrected chi connectivity index (χ2v) is 5.68. The molecule has 0 amide bonds. The average Bonchev–Trinajstić information content (AvgIpc) is 2.88. The molecule has 1 aromatic rings. The SMILES string of the molecule is C=C1CCC(O/N=C(\C(=O)OCC)c2csc(N)n2)CC1. The van der Waals surface area contributed by atoms with Gasteiger partial charge in [-0.05, 0) is 32.6 Å². The summed E-state index contributed by atoms with van der Waals surface area (Å²) in [5, 5.41) is 6.01. The van der Waals surface area contributed by atoms with Crippen LogP contribution in [-0.4, -0.2) is 29.4 Å². The van der Waals surface area contributed by atoms with Crippen LogP contribution in [0.5, 0.6) is 0 Å². The minimum atomic E-state index is -0.553. The molecule has 2 rings (SSSR count). The lowest BCUT2D eigenvalue weighted by molar-refractivity contribution is -0.135. The number of aromatic nitrogens is 1. The Kier molecular flexibility index (Phi) is 5.32. The predicted molar refractivity (Wildman–Crippen MR) is 82.2 cm³/mol. The van der Waals surface area contributed by atoms with E-state index in [1.807, 2.05) is 0 Å². The number of anilines is 1. The number of rotatable bonds is 5. The number of oxime groups is 1. The van der Waals surface area contributed by atoms with Crippen molar-refractivity contribution in [2.75, 3.05) is 12.3 Å². The molecule has 0 saturated heterocycles. The third-order valence-electron chi connectivity index (χ3n) is 3.17. The zero-order valence-electron chi connectivity index (χ0n) is 12.0. The topological polar surface area (TPSA) is 86.8 Å². The zero-order chi connectivity index (χ0) is 15.2. The van der Waals surface area contributed by atoms with Crippen LogP contribution in [0.2, 0.25) is 0 Å². The Morgan fingerprint density at radius 1 is 1.57 bits per heavy atom. The monoisotopic (exact) mass is 309 g/mol. The van der Waals surface area contributed by atoms with Crippen molar-refractivity contribution >= 4 is 28.1 Å². The van der Waals surface area contributed by atoms with E-state index in [4.69, 9.17) is 15.3 Å². The molecule has 1 aromatic heterocycles. The molecule has 1 aliphatic carbocycles. The van der Waals surface area contributed by atoms with E-state index in [1.54, 1.807) is 12.3 Å². The fourth-order valence-electron chi connectivity index (χ4n) is 2.02. The summed E-state index contributed by atoms with van der Waals surface area (Å²) in [6, 6.07) is 0. The molecule has 0 radical (unpaired) electrons. The smallest absolute Gasteiger partial charge is 0.362 e. The molecule has 0 spiro atoms. The molecule has 6 nitrogen and oxygen atoms in total. The number of nitrogen functional groups attached to an aromatic ring is 1. The van der Waals surface area contributed by atoms with Crippen LogP contribution in [0.15, 0.2) is 22.7 Å². The van der Waals surface area contributed by atoms with E-state index in [9.17, 15) is 4.79 Å². The third kappa shape index (κ3) is 4.29. The number of carbonyl (C=O) groups excluding carboxylic acids is 1. The van der Waals surface area contributed by atoms with Gasteiger partial charge in [-0.15, -0.1) is 11.3 Å². The Labute approximate surface area is 127 Å². The lowest BCUT2D eigenvalue weighted by atomic mass is 9.94. The standard InChI is InChI=1S/C14H19N3O3S/c1-3-19-13(18)12(11-8-21-14(15)16-11)17-20-10-6-4-9(2)5-7-10/h8,10H,2-7H2,1H3,(H2,15,16)/b17-12-. The molecule has 0 aliphatic heterocycles. The van der Waals surface area contributed by atoms with Gasteiger partial charge in [0.1, 0.15) is 11.8 Å². The fourth-order valence-corrected chi connectivity index (χ4v) is 2.56. The van der Waals surface area contributed by atoms with Gasteiger partial charge in [0.2, 0.25) is 5.71 Å². The number of nitrogens with two attached hydrogens (primary N) is 1. The number of ether oxygens (including phenoxy) is 1. The summed E-state index contributed by atoms with van der Waals surface area (Å²) in [6.45, 7) is 5.96. The summed E-state index contributed by atoms with van der Waals surface area (Å²) in [6.07, 6.45) is 3.57. The first-order chi connectivity index (χ1) is 10.1. The maximum atomic E-state index is 12.0. The molecular formula is C14H19N3O3S. The minimum absolute atomic E-state index is 0.00379. The molecule has 0 bridgehead atoms. The Balaban J connectivity index is 2.09. The van der Waals surface area contributed by atoms with Crippen LogP contribution in [0.3, 0.4) is 0 Å². The number of esters is 1. The first kappa shape index (κ1) is 15.5. The van der Waals surface area contributed by atoms with Crippen molar-refractivity contribution in [2.24, 2.45) is 5.16 Å². The van der Waals surface area contributed by atoms with Crippen LogP contribution < -0.4 is 5.73 Å². The van der Waals surface area contributed by atoms with Gasteiger partial charge in [0.05, 0.1) is 6.61 Å². The highest BCUT2D eigenvalue weighted by molar-refractivity contribution is 7.13. The van der Waals surface area contributed by atoms with E-state index in [-0.39, 0.29) is 18.4 Å². The van der Waals surface area contributed by atoms with Crippen LogP contribution in [0.25, 0.3) is 0 Å². The van der Waals surface area contributed by atoms with Crippen molar-refractivity contribution in [3.05, 3.63) is 23.2 Å². The Hall–Kier alpha value is -1.89. The van der Waals surface area contributed by atoms with E-state index in [2.05, 4.69) is 16.7 Å². The summed E-state index contributed by atoms with van der Waals surface area (Å²) in [7, 11) is 0. The van der Waals surface area contributed by atoms with Gasteiger partial charge in [-0.1, -0.05) is 17.3 Å². The summed E-state index contributed by atoms with van der Waals surface area (Å²) < 4.78 is 4.98. The van der Waals surface area contributed by atoms with Crippen molar-refractivity contribution in [3.8, 4) is 0 Å². The second kappa shape index (κ2) is 7.21. The molecular weight excluding hydrogens is 290 g/mol. The van der Waals surface area contributed by atoms with Gasteiger partial charge >= 0.3 is 5.97 Å². The molecule has 1 aliphatic rings. The van der Waals surface area contributed by atoms with E-state index in [1.165, 1.54) is 16.9 Å². The largest absolute Gasteiger partial charge is 0.461 e. The number of allylic oxidation sites excluding steroid dienone is 1. The van der Waals surface area contributed by atoms with Crippen molar-refractivity contribution in [2.45, 2.75) is 38.7 Å². The predicted octanol–water partition coefficient (Wildman–Crippen LogP) is 2.51. The zero-order valence-corrected chi connectivity index (χ0v) is 12.8. The molecule has 0 aromatic carbocycles. The Bertz CT molecular complexity index is 543. The van der Waals surface area contributed by atoms with Gasteiger partial charge in [-0.3, -0.25) is 0 Å². The number of carbonyl (C=O) groups is 1.